The summed E-state index contributed by atoms with van der Waals surface area (Å²) in [7, 11) is 0. The van der Waals surface area contributed by atoms with Crippen molar-refractivity contribution in [1.82, 2.24) is 29.5 Å². The van der Waals surface area contributed by atoms with Crippen molar-refractivity contribution < 1.29 is 4.74 Å². The van der Waals surface area contributed by atoms with Gasteiger partial charge in [0.2, 0.25) is 11.9 Å². The van der Waals surface area contributed by atoms with Gasteiger partial charge in [-0.05, 0) is 6.42 Å². The quantitative estimate of drug-likeness (QED) is 0.711. The number of anilines is 2. The summed E-state index contributed by atoms with van der Waals surface area (Å²) in [6, 6.07) is 0. The topological polar surface area (TPSA) is 108 Å². The summed E-state index contributed by atoms with van der Waals surface area (Å²) in [5.74, 6) is 0.916. The highest BCUT2D eigenvalue weighted by atomic mass is 16.5. The summed E-state index contributed by atoms with van der Waals surface area (Å²) in [6.45, 7) is 13.9. The fourth-order valence-electron chi connectivity index (χ4n) is 2.90. The predicted octanol–water partition coefficient (Wildman–Crippen LogP) is 3.16. The van der Waals surface area contributed by atoms with Crippen LogP contribution in [0.2, 0.25) is 0 Å². The van der Waals surface area contributed by atoms with Crippen LogP contribution in [0, 0.1) is 0 Å². The Kier molecular flexibility index (Phi) is 8.72. The third-order valence-corrected chi connectivity index (χ3v) is 4.16. The number of nitrogens with zero attached hydrogens (tertiary/aromatic N) is 7. The Labute approximate surface area is 172 Å². The maximum atomic E-state index is 5.61. The summed E-state index contributed by atoms with van der Waals surface area (Å²) in [5.41, 5.74) is 8.68. The zero-order chi connectivity index (χ0) is 21.2. The van der Waals surface area contributed by atoms with E-state index in [0.717, 1.165) is 48.5 Å². The van der Waals surface area contributed by atoms with E-state index in [-0.39, 0.29) is 5.95 Å². The fraction of sp³-hybridized carbons (Fsp3) is 0.550. The first-order valence-electron chi connectivity index (χ1n) is 10.4. The molecule has 29 heavy (non-hydrogen) atoms. The Bertz CT molecular complexity index is 872. The van der Waals surface area contributed by atoms with E-state index in [0.29, 0.717) is 19.2 Å². The molecule has 0 saturated carbocycles. The van der Waals surface area contributed by atoms with Crippen molar-refractivity contribution in [3.05, 3.63) is 18.7 Å². The molecule has 0 unspecified atom stereocenters. The van der Waals surface area contributed by atoms with E-state index in [1.807, 2.05) is 34.0 Å². The molecule has 1 aliphatic rings. The van der Waals surface area contributed by atoms with E-state index < -0.39 is 0 Å². The molecular formula is C20H32N8O. The van der Waals surface area contributed by atoms with Crippen molar-refractivity contribution >= 4 is 23.1 Å². The molecular weight excluding hydrogens is 368 g/mol. The third-order valence-electron chi connectivity index (χ3n) is 4.16. The highest BCUT2D eigenvalue weighted by molar-refractivity contribution is 5.88. The minimum atomic E-state index is 0.235. The van der Waals surface area contributed by atoms with E-state index in [4.69, 9.17) is 20.4 Å². The summed E-state index contributed by atoms with van der Waals surface area (Å²) in [5, 5.41) is 0. The monoisotopic (exact) mass is 400 g/mol. The SMILES string of the molecule is CC.CC.CCCn1cnc2c(-c3cnc(N)nc3)nc(N3CCOCC3)nc21. The average molecular weight is 401 g/mol. The Balaban J connectivity index is 0.000000707. The third kappa shape index (κ3) is 5.17. The number of aromatic nitrogens is 6. The summed E-state index contributed by atoms with van der Waals surface area (Å²) in [6.07, 6.45) is 6.16. The lowest BCUT2D eigenvalue weighted by Crippen LogP contribution is -2.37. The molecule has 1 fully saturated rings. The lowest BCUT2D eigenvalue weighted by molar-refractivity contribution is 0.122. The van der Waals surface area contributed by atoms with Gasteiger partial charge in [0.25, 0.3) is 0 Å². The average Bonchev–Trinajstić information content (AvgIpc) is 3.20. The maximum Gasteiger partial charge on any atom is 0.228 e. The predicted molar refractivity (Wildman–Crippen MR) is 117 cm³/mol. The van der Waals surface area contributed by atoms with Gasteiger partial charge in [0.05, 0.1) is 19.5 Å². The molecule has 1 saturated heterocycles. The molecule has 9 nitrogen and oxygen atoms in total. The molecule has 0 aliphatic carbocycles. The number of imidazole rings is 1. The molecule has 3 aromatic heterocycles. The highest BCUT2D eigenvalue weighted by Crippen LogP contribution is 2.27. The Morgan fingerprint density at radius 1 is 1.00 bits per heavy atom. The number of fused-ring (bicyclic) bond motifs is 1. The zero-order valence-electron chi connectivity index (χ0n) is 18.1. The zero-order valence-corrected chi connectivity index (χ0v) is 18.1. The van der Waals surface area contributed by atoms with Crippen LogP contribution < -0.4 is 10.6 Å². The van der Waals surface area contributed by atoms with Gasteiger partial charge >= 0.3 is 0 Å². The molecule has 1 aliphatic heterocycles. The van der Waals surface area contributed by atoms with Gasteiger partial charge in [0.15, 0.2) is 5.65 Å². The van der Waals surface area contributed by atoms with Crippen LogP contribution in [0.3, 0.4) is 0 Å². The van der Waals surface area contributed by atoms with Crippen LogP contribution in [-0.4, -0.2) is 55.8 Å². The van der Waals surface area contributed by atoms with Gasteiger partial charge in [-0.15, -0.1) is 0 Å². The number of nitrogens with two attached hydrogens (primary N) is 1. The highest BCUT2D eigenvalue weighted by Gasteiger charge is 2.20. The fourth-order valence-corrected chi connectivity index (χ4v) is 2.90. The lowest BCUT2D eigenvalue weighted by atomic mass is 10.2. The van der Waals surface area contributed by atoms with Gasteiger partial charge < -0.3 is 19.9 Å². The number of hydrogen-bond donors (Lipinski definition) is 1. The number of ether oxygens (including phenoxy) is 1. The second-order valence-electron chi connectivity index (χ2n) is 5.91. The van der Waals surface area contributed by atoms with Crippen LogP contribution in [0.15, 0.2) is 18.7 Å². The van der Waals surface area contributed by atoms with Gasteiger partial charge in [0.1, 0.15) is 11.2 Å². The first kappa shape index (κ1) is 22.5. The number of hydrogen-bond acceptors (Lipinski definition) is 8. The van der Waals surface area contributed by atoms with Crippen molar-refractivity contribution in [2.24, 2.45) is 0 Å². The normalized spacial score (nSPS) is 13.3. The summed E-state index contributed by atoms with van der Waals surface area (Å²) >= 11 is 0. The molecule has 0 bridgehead atoms. The van der Waals surface area contributed by atoms with Crippen LogP contribution >= 0.6 is 0 Å². The van der Waals surface area contributed by atoms with Gasteiger partial charge in [-0.3, -0.25) is 0 Å². The van der Waals surface area contributed by atoms with Crippen LogP contribution in [0.4, 0.5) is 11.9 Å². The van der Waals surface area contributed by atoms with Crippen molar-refractivity contribution in [2.75, 3.05) is 36.9 Å². The molecule has 0 aromatic carbocycles. The van der Waals surface area contributed by atoms with Crippen LogP contribution in [-0.2, 0) is 11.3 Å². The molecule has 4 heterocycles. The molecule has 4 rings (SSSR count). The van der Waals surface area contributed by atoms with Gasteiger partial charge in [0, 0.05) is 37.6 Å². The van der Waals surface area contributed by atoms with E-state index in [9.17, 15) is 0 Å². The first-order valence-corrected chi connectivity index (χ1v) is 10.4. The molecule has 2 N–H and O–H groups in total. The molecule has 0 amide bonds. The number of morpholine rings is 1. The maximum absolute atomic E-state index is 5.61. The van der Waals surface area contributed by atoms with Crippen molar-refractivity contribution in [3.63, 3.8) is 0 Å². The smallest absolute Gasteiger partial charge is 0.228 e. The second kappa shape index (κ2) is 11.3. The van der Waals surface area contributed by atoms with Gasteiger partial charge in [-0.2, -0.15) is 4.98 Å². The Morgan fingerprint density at radius 2 is 1.66 bits per heavy atom. The molecule has 0 spiro atoms. The first-order chi connectivity index (χ1) is 14.3. The molecule has 9 heteroatoms. The number of rotatable bonds is 4. The molecule has 0 atom stereocenters. The van der Waals surface area contributed by atoms with E-state index in [1.165, 1.54) is 0 Å². The Hall–Kier alpha value is -2.81. The minimum Gasteiger partial charge on any atom is -0.378 e. The summed E-state index contributed by atoms with van der Waals surface area (Å²) < 4.78 is 7.49. The number of aryl methyl sites for hydroxylation is 1. The van der Waals surface area contributed by atoms with Crippen LogP contribution in [0.1, 0.15) is 41.0 Å². The Morgan fingerprint density at radius 3 is 2.28 bits per heavy atom. The van der Waals surface area contributed by atoms with Crippen LogP contribution in [0.5, 0.6) is 0 Å². The van der Waals surface area contributed by atoms with Crippen molar-refractivity contribution in [1.29, 1.82) is 0 Å². The second-order valence-corrected chi connectivity index (χ2v) is 5.91. The van der Waals surface area contributed by atoms with Crippen molar-refractivity contribution in [3.8, 4) is 11.3 Å². The molecule has 158 valence electrons. The lowest BCUT2D eigenvalue weighted by Gasteiger charge is -2.27. The summed E-state index contributed by atoms with van der Waals surface area (Å²) in [4.78, 5) is 24.4. The minimum absolute atomic E-state index is 0.235. The molecule has 0 radical (unpaired) electrons. The van der Waals surface area contributed by atoms with E-state index in [2.05, 4.69) is 31.3 Å². The van der Waals surface area contributed by atoms with E-state index >= 15 is 0 Å². The van der Waals surface area contributed by atoms with Crippen molar-refractivity contribution in [2.45, 2.75) is 47.6 Å². The van der Waals surface area contributed by atoms with E-state index in [1.54, 1.807) is 12.4 Å². The van der Waals surface area contributed by atoms with Gasteiger partial charge in [-0.1, -0.05) is 34.6 Å². The van der Waals surface area contributed by atoms with Gasteiger partial charge in [-0.25, -0.2) is 19.9 Å². The standard InChI is InChI=1S/C16H20N8O.2C2H6/c1-2-3-24-10-20-13-12(11-8-18-15(17)19-9-11)21-16(22-14(13)24)23-4-6-25-7-5-23;2*1-2/h8-10H,2-7H2,1H3,(H2,17,18,19);2*1-2H3. The molecule has 3 aromatic rings. The van der Waals surface area contributed by atoms with Crippen LogP contribution in [0.25, 0.3) is 22.4 Å². The number of nitrogen functional groups attached to an aromatic ring is 1. The largest absolute Gasteiger partial charge is 0.378 e.